The first kappa shape index (κ1) is 21.2. The summed E-state index contributed by atoms with van der Waals surface area (Å²) in [7, 11) is 0. The van der Waals surface area contributed by atoms with Crippen LogP contribution >= 0.6 is 11.8 Å². The maximum absolute atomic E-state index is 13.8. The van der Waals surface area contributed by atoms with Crippen LogP contribution in [0.15, 0.2) is 78.9 Å². The molecule has 1 atom stereocenters. The second-order valence-electron chi connectivity index (χ2n) is 7.81. The molecule has 0 saturated carbocycles. The van der Waals surface area contributed by atoms with Gasteiger partial charge in [0, 0.05) is 17.8 Å². The normalized spacial score (nSPS) is 19.3. The van der Waals surface area contributed by atoms with E-state index in [0.717, 1.165) is 5.56 Å². The van der Waals surface area contributed by atoms with Crippen molar-refractivity contribution in [3.05, 3.63) is 95.8 Å². The number of hydrogen-bond donors (Lipinski definition) is 1. The van der Waals surface area contributed by atoms with Gasteiger partial charge in [0.15, 0.2) is 0 Å². The van der Waals surface area contributed by atoms with Crippen molar-refractivity contribution < 1.29 is 18.8 Å². The standard InChI is InChI=1S/C25H20FN3O3S/c26-18-10-12-19(13-11-18)29-23(31)16-33-25(29)20-8-4-5-9-21(20)28(24(25)32)15-22(30)27-14-17-6-2-1-3-7-17/h1-13H,14-16H2,(H,27,30)/t25-/m1/s1. The van der Waals surface area contributed by atoms with Gasteiger partial charge in [-0.25, -0.2) is 4.39 Å². The molecule has 1 spiro atoms. The molecule has 8 heteroatoms. The lowest BCUT2D eigenvalue weighted by molar-refractivity contribution is -0.125. The van der Waals surface area contributed by atoms with Crippen LogP contribution in [0.5, 0.6) is 0 Å². The number of fused-ring (bicyclic) bond motifs is 2. The molecule has 5 rings (SSSR count). The Morgan fingerprint density at radius 2 is 1.67 bits per heavy atom. The monoisotopic (exact) mass is 461 g/mol. The number of hydrogen-bond acceptors (Lipinski definition) is 4. The zero-order valence-electron chi connectivity index (χ0n) is 17.5. The van der Waals surface area contributed by atoms with Gasteiger partial charge in [0.25, 0.3) is 5.91 Å². The van der Waals surface area contributed by atoms with Crippen LogP contribution in [0.25, 0.3) is 0 Å². The number of benzene rings is 3. The number of nitrogens with zero attached hydrogens (tertiary/aromatic N) is 2. The van der Waals surface area contributed by atoms with Crippen LogP contribution in [-0.2, 0) is 25.8 Å². The molecule has 0 unspecified atom stereocenters. The topological polar surface area (TPSA) is 69.7 Å². The van der Waals surface area contributed by atoms with Crippen LogP contribution in [0.4, 0.5) is 15.8 Å². The summed E-state index contributed by atoms with van der Waals surface area (Å²) in [6.07, 6.45) is 0. The second kappa shape index (κ2) is 8.37. The van der Waals surface area contributed by atoms with Crippen LogP contribution in [0.3, 0.4) is 0 Å². The van der Waals surface area contributed by atoms with E-state index in [1.807, 2.05) is 30.3 Å². The molecule has 3 aromatic carbocycles. The van der Waals surface area contributed by atoms with Crippen molar-refractivity contribution in [1.82, 2.24) is 5.32 Å². The van der Waals surface area contributed by atoms with E-state index in [9.17, 15) is 18.8 Å². The summed E-state index contributed by atoms with van der Waals surface area (Å²) in [5, 5.41) is 2.85. The van der Waals surface area contributed by atoms with Gasteiger partial charge in [0.1, 0.15) is 12.4 Å². The van der Waals surface area contributed by atoms with Crippen LogP contribution in [0.1, 0.15) is 11.1 Å². The molecule has 2 aliphatic heterocycles. The minimum Gasteiger partial charge on any atom is -0.350 e. The molecule has 0 bridgehead atoms. The Bertz CT molecular complexity index is 1240. The van der Waals surface area contributed by atoms with Crippen LogP contribution < -0.4 is 15.1 Å². The fourth-order valence-corrected chi connectivity index (χ4v) is 5.66. The minimum atomic E-state index is -1.33. The number of para-hydroxylation sites is 1. The summed E-state index contributed by atoms with van der Waals surface area (Å²) < 4.78 is 13.5. The summed E-state index contributed by atoms with van der Waals surface area (Å²) in [5.41, 5.74) is 2.62. The lowest BCUT2D eigenvalue weighted by Crippen LogP contribution is -2.51. The number of thioether (sulfide) groups is 1. The van der Waals surface area contributed by atoms with Gasteiger partial charge in [-0.1, -0.05) is 48.5 Å². The largest absolute Gasteiger partial charge is 0.350 e. The summed E-state index contributed by atoms with van der Waals surface area (Å²) in [4.78, 5) is 41.1. The van der Waals surface area contributed by atoms with Crippen LogP contribution in [0.2, 0.25) is 0 Å². The number of carbonyl (C=O) groups excluding carboxylic acids is 3. The van der Waals surface area contributed by atoms with Crippen molar-refractivity contribution >= 4 is 40.9 Å². The smallest absolute Gasteiger partial charge is 0.269 e. The number of anilines is 2. The molecule has 1 fully saturated rings. The first-order chi connectivity index (χ1) is 16.0. The molecule has 0 aliphatic carbocycles. The van der Waals surface area contributed by atoms with E-state index in [1.165, 1.54) is 45.8 Å². The quantitative estimate of drug-likeness (QED) is 0.632. The maximum atomic E-state index is 13.8. The van der Waals surface area contributed by atoms with Crippen molar-refractivity contribution in [1.29, 1.82) is 0 Å². The molecule has 6 nitrogen and oxygen atoms in total. The SMILES string of the molecule is O=C(CN1C(=O)[C@]2(SCC(=O)N2c2ccc(F)cc2)c2ccccc21)NCc1ccccc1. The Hall–Kier alpha value is -3.65. The zero-order chi connectivity index (χ0) is 23.0. The van der Waals surface area contributed by atoms with E-state index in [2.05, 4.69) is 5.32 Å². The highest BCUT2D eigenvalue weighted by Crippen LogP contribution is 2.55. The molecular formula is C25H20FN3O3S. The first-order valence-electron chi connectivity index (χ1n) is 10.5. The highest BCUT2D eigenvalue weighted by Gasteiger charge is 2.61. The van der Waals surface area contributed by atoms with Gasteiger partial charge < -0.3 is 5.32 Å². The van der Waals surface area contributed by atoms with Crippen molar-refractivity contribution in [2.75, 3.05) is 22.1 Å². The molecular weight excluding hydrogens is 441 g/mol. The molecule has 0 radical (unpaired) electrons. The lowest BCUT2D eigenvalue weighted by Gasteiger charge is -2.33. The van der Waals surface area contributed by atoms with Gasteiger partial charge in [-0.3, -0.25) is 24.2 Å². The van der Waals surface area contributed by atoms with E-state index < -0.39 is 10.7 Å². The highest BCUT2D eigenvalue weighted by atomic mass is 32.2. The van der Waals surface area contributed by atoms with Gasteiger partial charge >= 0.3 is 0 Å². The second-order valence-corrected chi connectivity index (χ2v) is 8.98. The van der Waals surface area contributed by atoms with Crippen molar-refractivity contribution in [3.63, 3.8) is 0 Å². The first-order valence-corrected chi connectivity index (χ1v) is 11.4. The van der Waals surface area contributed by atoms with Gasteiger partial charge in [-0.05, 0) is 35.9 Å². The fraction of sp³-hybridized carbons (Fsp3) is 0.160. The third-order valence-electron chi connectivity index (χ3n) is 5.78. The van der Waals surface area contributed by atoms with Crippen molar-refractivity contribution in [3.8, 4) is 0 Å². The van der Waals surface area contributed by atoms with E-state index in [1.54, 1.807) is 24.3 Å². The predicted molar refractivity (Wildman–Crippen MR) is 125 cm³/mol. The molecule has 2 heterocycles. The molecule has 166 valence electrons. The zero-order valence-corrected chi connectivity index (χ0v) is 18.3. The van der Waals surface area contributed by atoms with Crippen molar-refractivity contribution in [2.24, 2.45) is 0 Å². The number of nitrogens with one attached hydrogen (secondary N) is 1. The Morgan fingerprint density at radius 3 is 2.42 bits per heavy atom. The molecule has 1 N–H and O–H groups in total. The number of amides is 3. The van der Waals surface area contributed by atoms with Crippen molar-refractivity contribution in [2.45, 2.75) is 11.4 Å². The Labute approximate surface area is 194 Å². The van der Waals surface area contributed by atoms with Crippen LogP contribution in [0, 0.1) is 5.82 Å². The van der Waals surface area contributed by atoms with E-state index in [-0.39, 0.29) is 30.0 Å². The third-order valence-corrected chi connectivity index (χ3v) is 7.17. The summed E-state index contributed by atoms with van der Waals surface area (Å²) >= 11 is 1.22. The molecule has 33 heavy (non-hydrogen) atoms. The lowest BCUT2D eigenvalue weighted by atomic mass is 10.0. The minimum absolute atomic E-state index is 0.103. The molecule has 3 aromatic rings. The Morgan fingerprint density at radius 1 is 0.970 bits per heavy atom. The van der Waals surface area contributed by atoms with E-state index >= 15 is 0 Å². The van der Waals surface area contributed by atoms with Gasteiger partial charge in [-0.2, -0.15) is 0 Å². The van der Waals surface area contributed by atoms with E-state index in [4.69, 9.17) is 0 Å². The Kier molecular flexibility index (Phi) is 5.38. The molecule has 2 aliphatic rings. The molecule has 0 aromatic heterocycles. The third kappa shape index (κ3) is 3.56. The summed E-state index contributed by atoms with van der Waals surface area (Å²) in [6, 6.07) is 22.2. The fourth-order valence-electron chi connectivity index (χ4n) is 4.30. The van der Waals surface area contributed by atoms with Gasteiger partial charge in [0.2, 0.25) is 16.7 Å². The molecule has 3 amide bonds. The van der Waals surface area contributed by atoms with Gasteiger partial charge in [-0.15, -0.1) is 11.8 Å². The number of halogens is 1. The van der Waals surface area contributed by atoms with E-state index in [0.29, 0.717) is 23.5 Å². The highest BCUT2D eigenvalue weighted by molar-refractivity contribution is 8.02. The average molecular weight is 462 g/mol. The average Bonchev–Trinajstić information content (AvgIpc) is 3.30. The van der Waals surface area contributed by atoms with Crippen LogP contribution in [-0.4, -0.2) is 30.0 Å². The summed E-state index contributed by atoms with van der Waals surface area (Å²) in [5.74, 6) is -1.24. The predicted octanol–water partition coefficient (Wildman–Crippen LogP) is 3.42. The number of carbonyl (C=O) groups is 3. The van der Waals surface area contributed by atoms with Gasteiger partial charge in [0.05, 0.1) is 11.4 Å². The Balaban J connectivity index is 1.46. The maximum Gasteiger partial charge on any atom is 0.269 e. The number of rotatable bonds is 5. The molecule has 1 saturated heterocycles. The summed E-state index contributed by atoms with van der Waals surface area (Å²) in [6.45, 7) is 0.180.